The molecule has 1 unspecified atom stereocenters. The van der Waals surface area contributed by atoms with Crippen LogP contribution in [0.4, 0.5) is 25.8 Å². The number of rotatable bonds is 12. The Morgan fingerprint density at radius 3 is 2.37 bits per heavy atom. The normalized spacial score (nSPS) is 20.4. The number of hydrogen-bond acceptors (Lipinski definition) is 13. The highest BCUT2D eigenvalue weighted by atomic mass is 32.2. The molecule has 70 heavy (non-hydrogen) atoms. The number of carbonyl (C=O) groups excluding carboxylic acids is 3. The van der Waals surface area contributed by atoms with Gasteiger partial charge in [-0.3, -0.25) is 38.7 Å². The largest absolute Gasteiger partial charge is 0.494 e. The maximum atomic E-state index is 15.3. The molecule has 5 aromatic rings. The Morgan fingerprint density at radius 1 is 0.886 bits per heavy atom. The highest BCUT2D eigenvalue weighted by molar-refractivity contribution is 7.90. The predicted molar refractivity (Wildman–Crippen MR) is 255 cm³/mol. The van der Waals surface area contributed by atoms with E-state index in [-0.39, 0.29) is 54.6 Å². The van der Waals surface area contributed by atoms with Gasteiger partial charge in [-0.1, -0.05) is 0 Å². The van der Waals surface area contributed by atoms with Crippen LogP contribution in [0.15, 0.2) is 77.9 Å². The lowest BCUT2D eigenvalue weighted by Crippen LogP contribution is -2.52. The van der Waals surface area contributed by atoms with E-state index in [0.29, 0.717) is 41.4 Å². The minimum Gasteiger partial charge on any atom is -0.494 e. The first kappa shape index (κ1) is 46.6. The van der Waals surface area contributed by atoms with Gasteiger partial charge in [-0.05, 0) is 97.8 Å². The Kier molecular flexibility index (Phi) is 12.6. The van der Waals surface area contributed by atoms with Crippen LogP contribution in [0.1, 0.15) is 53.6 Å². The molecular formula is C49H50F2N10O8S. The molecule has 0 aliphatic carbocycles. The average molecular weight is 977 g/mol. The number of nitrogens with one attached hydrogen (secondary N) is 2. The fraction of sp³-hybridized carbons (Fsp3) is 0.388. The van der Waals surface area contributed by atoms with Gasteiger partial charge in [0.1, 0.15) is 41.7 Å². The number of carbonyl (C=O) groups is 3. The SMILES string of the molecule is COc1cc(N2CCN(CC3CCN(c4ccc5c(c4)CN(C4CCC(=O)NC4=O)C5=O)CC3)CC2)ccc1-n1cnc2ccc(Oc3c(F)ccc(NS(=O)(=O)N4CC[C@@H](F)C4)c3C#N)cc2c1=O. The minimum atomic E-state index is -4.26. The molecule has 0 spiro atoms. The van der Waals surface area contributed by atoms with Crippen molar-refractivity contribution in [2.45, 2.75) is 50.9 Å². The molecule has 4 saturated heterocycles. The lowest BCUT2D eigenvalue weighted by atomic mass is 9.95. The minimum absolute atomic E-state index is 0.0105. The summed E-state index contributed by atoms with van der Waals surface area (Å²) in [4.78, 5) is 64.7. The second kappa shape index (κ2) is 19.0. The first-order valence-corrected chi connectivity index (χ1v) is 24.7. The molecule has 5 aliphatic rings. The van der Waals surface area contributed by atoms with Gasteiger partial charge in [-0.2, -0.15) is 18.0 Å². The Labute approximate surface area is 402 Å². The van der Waals surface area contributed by atoms with Gasteiger partial charge in [-0.25, -0.2) is 13.8 Å². The molecule has 4 fully saturated rings. The Bertz CT molecular complexity index is 3130. The van der Waals surface area contributed by atoms with Crippen LogP contribution in [-0.2, 0) is 26.3 Å². The number of amides is 3. The number of hydrogen-bond donors (Lipinski definition) is 2. The number of fused-ring (bicyclic) bond motifs is 2. The molecular weight excluding hydrogens is 927 g/mol. The maximum Gasteiger partial charge on any atom is 0.301 e. The van der Waals surface area contributed by atoms with E-state index < -0.39 is 51.0 Å². The zero-order valence-corrected chi connectivity index (χ0v) is 39.1. The molecule has 1 aromatic heterocycles. The highest BCUT2D eigenvalue weighted by Gasteiger charge is 2.40. The van der Waals surface area contributed by atoms with Gasteiger partial charge < -0.3 is 24.2 Å². The molecule has 18 nitrogen and oxygen atoms in total. The zero-order chi connectivity index (χ0) is 48.8. The Hall–Kier alpha value is -7.15. The number of anilines is 3. The van der Waals surface area contributed by atoms with Crippen LogP contribution in [0.5, 0.6) is 17.2 Å². The van der Waals surface area contributed by atoms with Crippen molar-refractivity contribution in [1.82, 2.24) is 29.0 Å². The fourth-order valence-corrected chi connectivity index (χ4v) is 11.4. The molecule has 3 amide bonds. The van der Waals surface area contributed by atoms with Crippen molar-refractivity contribution in [2.75, 3.05) is 80.5 Å². The molecule has 364 valence electrons. The van der Waals surface area contributed by atoms with Crippen LogP contribution >= 0.6 is 0 Å². The molecule has 5 aliphatic heterocycles. The van der Waals surface area contributed by atoms with E-state index in [1.165, 1.54) is 36.2 Å². The smallest absolute Gasteiger partial charge is 0.301 e. The second-order valence-corrected chi connectivity index (χ2v) is 19.9. The molecule has 2 N–H and O–H groups in total. The van der Waals surface area contributed by atoms with Crippen molar-refractivity contribution < 1.29 is 41.1 Å². The number of nitrogens with zero attached hydrogens (tertiary/aromatic N) is 8. The van der Waals surface area contributed by atoms with Crippen molar-refractivity contribution in [3.63, 3.8) is 0 Å². The average Bonchev–Trinajstić information content (AvgIpc) is 3.95. The van der Waals surface area contributed by atoms with Gasteiger partial charge in [0, 0.05) is 94.9 Å². The summed E-state index contributed by atoms with van der Waals surface area (Å²) in [5.41, 5.74) is 3.14. The highest BCUT2D eigenvalue weighted by Crippen LogP contribution is 2.36. The Balaban J connectivity index is 0.758. The summed E-state index contributed by atoms with van der Waals surface area (Å²) >= 11 is 0. The number of methoxy groups -OCH3 is 1. The number of alkyl halides is 1. The van der Waals surface area contributed by atoms with Crippen molar-refractivity contribution >= 4 is 55.9 Å². The summed E-state index contributed by atoms with van der Waals surface area (Å²) in [6.45, 7) is 6.13. The third-order valence-corrected chi connectivity index (χ3v) is 15.5. The number of aromatic nitrogens is 2. The lowest BCUT2D eigenvalue weighted by molar-refractivity contribution is -0.136. The van der Waals surface area contributed by atoms with Gasteiger partial charge in [0.05, 0.1) is 29.4 Å². The molecule has 6 heterocycles. The lowest BCUT2D eigenvalue weighted by Gasteiger charge is -2.40. The third-order valence-electron chi connectivity index (χ3n) is 14.0. The van der Waals surface area contributed by atoms with E-state index >= 15 is 4.39 Å². The van der Waals surface area contributed by atoms with Gasteiger partial charge in [0.25, 0.3) is 11.5 Å². The van der Waals surface area contributed by atoms with Crippen molar-refractivity contribution in [2.24, 2.45) is 5.92 Å². The summed E-state index contributed by atoms with van der Waals surface area (Å²) in [5.74, 6) is -1.42. The van der Waals surface area contributed by atoms with E-state index in [1.807, 2.05) is 24.3 Å². The summed E-state index contributed by atoms with van der Waals surface area (Å²) < 4.78 is 71.1. The van der Waals surface area contributed by atoms with Gasteiger partial charge in [0.2, 0.25) is 11.8 Å². The number of piperazine rings is 1. The number of nitriles is 1. The van der Waals surface area contributed by atoms with Gasteiger partial charge in [0.15, 0.2) is 11.6 Å². The third kappa shape index (κ3) is 9.09. The molecule has 21 heteroatoms. The number of ether oxygens (including phenoxy) is 2. The van der Waals surface area contributed by atoms with Crippen molar-refractivity contribution in [3.8, 4) is 29.0 Å². The number of halogens is 2. The van der Waals surface area contributed by atoms with Crippen LogP contribution < -0.4 is 34.9 Å². The number of piperidine rings is 2. The van der Waals surface area contributed by atoms with E-state index in [1.54, 1.807) is 17.0 Å². The van der Waals surface area contributed by atoms with Crippen LogP contribution in [0, 0.1) is 23.1 Å². The van der Waals surface area contributed by atoms with E-state index in [4.69, 9.17) is 9.47 Å². The van der Waals surface area contributed by atoms with Crippen LogP contribution in [0.25, 0.3) is 16.6 Å². The number of imide groups is 1. The van der Waals surface area contributed by atoms with Gasteiger partial charge >= 0.3 is 10.2 Å². The van der Waals surface area contributed by atoms with Crippen LogP contribution in [0.2, 0.25) is 0 Å². The summed E-state index contributed by atoms with van der Waals surface area (Å²) in [6.07, 6.45) is 2.75. The topological polar surface area (TPSA) is 203 Å². The van der Waals surface area contributed by atoms with Gasteiger partial charge in [-0.15, -0.1) is 0 Å². The first-order valence-electron chi connectivity index (χ1n) is 23.3. The quantitative estimate of drug-likeness (QED) is 0.163. The van der Waals surface area contributed by atoms with E-state index in [0.717, 1.165) is 92.0 Å². The molecule has 4 aromatic carbocycles. The number of benzene rings is 4. The summed E-state index contributed by atoms with van der Waals surface area (Å²) in [6, 6.07) is 19.1. The molecule has 10 rings (SSSR count). The summed E-state index contributed by atoms with van der Waals surface area (Å²) in [5, 5.41) is 12.5. The van der Waals surface area contributed by atoms with Crippen LogP contribution in [-0.4, -0.2) is 128 Å². The van der Waals surface area contributed by atoms with Crippen molar-refractivity contribution in [1.29, 1.82) is 5.26 Å². The van der Waals surface area contributed by atoms with E-state index in [2.05, 4.69) is 35.8 Å². The Morgan fingerprint density at radius 2 is 1.64 bits per heavy atom. The fourth-order valence-electron chi connectivity index (χ4n) is 10.2. The zero-order valence-electron chi connectivity index (χ0n) is 38.3. The van der Waals surface area contributed by atoms with Crippen LogP contribution in [0.3, 0.4) is 0 Å². The predicted octanol–water partition coefficient (Wildman–Crippen LogP) is 4.70. The summed E-state index contributed by atoms with van der Waals surface area (Å²) in [7, 11) is -2.73. The second-order valence-electron chi connectivity index (χ2n) is 18.3. The molecule has 0 bridgehead atoms. The maximum absolute atomic E-state index is 15.3. The van der Waals surface area contributed by atoms with Crippen molar-refractivity contribution in [3.05, 3.63) is 106 Å². The standard InChI is InChI=1S/C49H50F2N10O8S/c1-68-44-23-34(58-20-18-56(19-21-58)26-30-12-15-57(16-13-30)33-2-5-36-31(22-33)27-60(48(36)64)43-10-11-45(62)54-47(43)63)3-9-42(44)61-29-53-40-7-4-35(24-37(40)49(61)65)69-46-38(25-52)41(8-6-39(46)51)55-70(66,67)59-17-14-32(50)28-59/h2-9,22-24,29-30,32,43,55H,10-21,26-28H2,1H3,(H,54,62,63)/t32-,43?/m1/s1. The molecule has 0 saturated carbocycles. The monoisotopic (exact) mass is 976 g/mol. The van der Waals surface area contributed by atoms with E-state index in [9.17, 15) is 37.2 Å². The molecule has 2 atom stereocenters. The molecule has 0 radical (unpaired) electrons. The first-order chi connectivity index (χ1) is 33.8.